The monoisotopic (exact) mass is 226 g/mol. The van der Waals surface area contributed by atoms with E-state index in [1.54, 1.807) is 0 Å². The van der Waals surface area contributed by atoms with Crippen molar-refractivity contribution in [3.05, 3.63) is 0 Å². The van der Waals surface area contributed by atoms with Crippen molar-refractivity contribution in [2.75, 3.05) is 19.6 Å². The second-order valence-electron chi connectivity index (χ2n) is 6.22. The molecule has 1 rings (SSSR count). The maximum absolute atomic E-state index is 3.58. The van der Waals surface area contributed by atoms with Crippen LogP contribution in [0.25, 0.3) is 0 Å². The number of nitrogens with zero attached hydrogens (tertiary/aromatic N) is 1. The Bertz CT molecular complexity index is 185. The van der Waals surface area contributed by atoms with Gasteiger partial charge in [-0.3, -0.25) is 4.90 Å². The molecule has 2 heteroatoms. The van der Waals surface area contributed by atoms with Gasteiger partial charge in [-0.15, -0.1) is 0 Å². The number of hydrogen-bond acceptors (Lipinski definition) is 2. The van der Waals surface area contributed by atoms with Crippen LogP contribution in [0.4, 0.5) is 0 Å². The van der Waals surface area contributed by atoms with E-state index in [0.717, 1.165) is 31.0 Å². The van der Waals surface area contributed by atoms with Gasteiger partial charge in [0.05, 0.1) is 0 Å². The second kappa shape index (κ2) is 6.61. The molecular weight excluding hydrogens is 196 g/mol. The van der Waals surface area contributed by atoms with E-state index in [-0.39, 0.29) is 0 Å². The van der Waals surface area contributed by atoms with Crippen molar-refractivity contribution >= 4 is 0 Å². The molecule has 0 radical (unpaired) electrons. The third-order valence-corrected chi connectivity index (χ3v) is 3.15. The molecule has 1 atom stereocenters. The lowest BCUT2D eigenvalue weighted by molar-refractivity contribution is 0.172. The van der Waals surface area contributed by atoms with Crippen LogP contribution < -0.4 is 5.32 Å². The van der Waals surface area contributed by atoms with Crippen molar-refractivity contribution in [2.45, 2.75) is 59.5 Å². The van der Waals surface area contributed by atoms with Crippen LogP contribution in [0, 0.1) is 11.8 Å². The minimum atomic E-state index is 0.689. The fourth-order valence-electron chi connectivity index (χ4n) is 2.21. The van der Waals surface area contributed by atoms with Crippen molar-refractivity contribution in [3.8, 4) is 0 Å². The normalized spacial score (nSPS) is 18.8. The molecule has 1 unspecified atom stereocenters. The van der Waals surface area contributed by atoms with E-state index >= 15 is 0 Å². The number of rotatable bonds is 8. The molecule has 0 aromatic heterocycles. The van der Waals surface area contributed by atoms with Crippen LogP contribution in [-0.2, 0) is 0 Å². The molecule has 0 spiro atoms. The van der Waals surface area contributed by atoms with Crippen LogP contribution in [0.2, 0.25) is 0 Å². The first kappa shape index (κ1) is 14.0. The van der Waals surface area contributed by atoms with E-state index in [2.05, 4.69) is 44.8 Å². The maximum atomic E-state index is 3.58. The van der Waals surface area contributed by atoms with E-state index in [0.29, 0.717) is 6.04 Å². The summed E-state index contributed by atoms with van der Waals surface area (Å²) in [6.07, 6.45) is 2.84. The SMILES string of the molecule is CC(C)CNCC(C)N(CC(C)C)C1CC1. The summed E-state index contributed by atoms with van der Waals surface area (Å²) in [5.74, 6) is 1.54. The molecule has 0 aromatic carbocycles. The quantitative estimate of drug-likeness (QED) is 0.684. The van der Waals surface area contributed by atoms with E-state index in [1.165, 1.54) is 19.4 Å². The summed E-state index contributed by atoms with van der Waals surface area (Å²) in [5, 5.41) is 3.58. The molecular formula is C14H30N2. The van der Waals surface area contributed by atoms with Crippen LogP contribution >= 0.6 is 0 Å². The Morgan fingerprint density at radius 2 is 1.62 bits per heavy atom. The third kappa shape index (κ3) is 5.31. The lowest BCUT2D eigenvalue weighted by Gasteiger charge is -2.31. The lowest BCUT2D eigenvalue weighted by Crippen LogP contribution is -2.44. The molecule has 1 fully saturated rings. The summed E-state index contributed by atoms with van der Waals surface area (Å²) in [5.41, 5.74) is 0. The van der Waals surface area contributed by atoms with Gasteiger partial charge in [-0.25, -0.2) is 0 Å². The van der Waals surface area contributed by atoms with E-state index in [9.17, 15) is 0 Å². The highest BCUT2D eigenvalue weighted by atomic mass is 15.2. The van der Waals surface area contributed by atoms with Crippen LogP contribution in [0.3, 0.4) is 0 Å². The Morgan fingerprint density at radius 3 is 2.06 bits per heavy atom. The Labute approximate surface area is 102 Å². The average molecular weight is 226 g/mol. The summed E-state index contributed by atoms with van der Waals surface area (Å²) in [4.78, 5) is 2.71. The largest absolute Gasteiger partial charge is 0.315 e. The number of nitrogens with one attached hydrogen (secondary N) is 1. The van der Waals surface area contributed by atoms with Crippen LogP contribution in [0.5, 0.6) is 0 Å². The Morgan fingerprint density at radius 1 is 1.00 bits per heavy atom. The van der Waals surface area contributed by atoms with Gasteiger partial charge in [0.25, 0.3) is 0 Å². The standard InChI is InChI=1S/C14H30N2/c1-11(2)8-15-9-13(5)16(10-12(3)4)14-6-7-14/h11-15H,6-10H2,1-5H3. The summed E-state index contributed by atoms with van der Waals surface area (Å²) in [7, 11) is 0. The van der Waals surface area contributed by atoms with Gasteiger partial charge in [0.15, 0.2) is 0 Å². The molecule has 1 saturated carbocycles. The van der Waals surface area contributed by atoms with Gasteiger partial charge in [0.1, 0.15) is 0 Å². The minimum Gasteiger partial charge on any atom is -0.315 e. The van der Waals surface area contributed by atoms with Crippen LogP contribution in [0.15, 0.2) is 0 Å². The molecule has 96 valence electrons. The summed E-state index contributed by atoms with van der Waals surface area (Å²) in [6.45, 7) is 15.1. The third-order valence-electron chi connectivity index (χ3n) is 3.15. The summed E-state index contributed by atoms with van der Waals surface area (Å²) in [6, 6.07) is 1.58. The Hall–Kier alpha value is -0.0800. The fraction of sp³-hybridized carbons (Fsp3) is 1.00. The van der Waals surface area contributed by atoms with Crippen molar-refractivity contribution < 1.29 is 0 Å². The highest BCUT2D eigenvalue weighted by Crippen LogP contribution is 2.29. The zero-order valence-electron chi connectivity index (χ0n) is 11.8. The van der Waals surface area contributed by atoms with Gasteiger partial charge in [-0.2, -0.15) is 0 Å². The van der Waals surface area contributed by atoms with Gasteiger partial charge < -0.3 is 5.32 Å². The van der Waals surface area contributed by atoms with Crippen molar-refractivity contribution in [1.82, 2.24) is 10.2 Å². The first-order valence-corrected chi connectivity index (χ1v) is 6.97. The molecule has 2 nitrogen and oxygen atoms in total. The predicted octanol–water partition coefficient (Wildman–Crippen LogP) is 2.74. The zero-order chi connectivity index (χ0) is 12.1. The average Bonchev–Trinajstić information content (AvgIpc) is 2.96. The van der Waals surface area contributed by atoms with Gasteiger partial charge in [0, 0.05) is 25.2 Å². The molecule has 1 aliphatic rings. The van der Waals surface area contributed by atoms with Gasteiger partial charge in [0.2, 0.25) is 0 Å². The molecule has 0 heterocycles. The molecule has 0 aromatic rings. The smallest absolute Gasteiger partial charge is 0.0195 e. The molecule has 0 aliphatic heterocycles. The van der Waals surface area contributed by atoms with Gasteiger partial charge in [-0.1, -0.05) is 27.7 Å². The predicted molar refractivity (Wildman–Crippen MR) is 71.7 cm³/mol. The van der Waals surface area contributed by atoms with E-state index in [4.69, 9.17) is 0 Å². The van der Waals surface area contributed by atoms with E-state index in [1.807, 2.05) is 0 Å². The topological polar surface area (TPSA) is 15.3 Å². The zero-order valence-corrected chi connectivity index (χ0v) is 11.8. The van der Waals surface area contributed by atoms with Crippen molar-refractivity contribution in [2.24, 2.45) is 11.8 Å². The second-order valence-corrected chi connectivity index (χ2v) is 6.22. The Balaban J connectivity index is 2.26. The first-order valence-electron chi connectivity index (χ1n) is 6.97. The van der Waals surface area contributed by atoms with Crippen molar-refractivity contribution in [1.29, 1.82) is 0 Å². The molecule has 0 bridgehead atoms. The molecule has 1 N–H and O–H groups in total. The Kier molecular flexibility index (Phi) is 5.77. The van der Waals surface area contributed by atoms with Crippen LogP contribution in [0.1, 0.15) is 47.5 Å². The molecule has 1 aliphatic carbocycles. The van der Waals surface area contributed by atoms with Gasteiger partial charge in [-0.05, 0) is 38.1 Å². The molecule has 0 amide bonds. The fourth-order valence-corrected chi connectivity index (χ4v) is 2.21. The van der Waals surface area contributed by atoms with Crippen LogP contribution in [-0.4, -0.2) is 36.6 Å². The highest BCUT2D eigenvalue weighted by molar-refractivity contribution is 4.88. The minimum absolute atomic E-state index is 0.689. The highest BCUT2D eigenvalue weighted by Gasteiger charge is 2.32. The van der Waals surface area contributed by atoms with E-state index < -0.39 is 0 Å². The maximum Gasteiger partial charge on any atom is 0.0195 e. The van der Waals surface area contributed by atoms with Gasteiger partial charge >= 0.3 is 0 Å². The first-order chi connectivity index (χ1) is 7.50. The lowest BCUT2D eigenvalue weighted by atomic mass is 10.1. The molecule has 0 saturated heterocycles. The number of hydrogen-bond donors (Lipinski definition) is 1. The van der Waals surface area contributed by atoms with Crippen molar-refractivity contribution in [3.63, 3.8) is 0 Å². The molecule has 16 heavy (non-hydrogen) atoms. The summed E-state index contributed by atoms with van der Waals surface area (Å²) >= 11 is 0. The summed E-state index contributed by atoms with van der Waals surface area (Å²) < 4.78 is 0.